The van der Waals surface area contributed by atoms with Gasteiger partial charge in [0.2, 0.25) is 0 Å². The second kappa shape index (κ2) is 5.48. The molecular formula is C14H14N2O3. The van der Waals surface area contributed by atoms with Crippen molar-refractivity contribution in [1.82, 2.24) is 9.78 Å². The molecule has 5 nitrogen and oxygen atoms in total. The van der Waals surface area contributed by atoms with Crippen molar-refractivity contribution in [3.8, 4) is 5.69 Å². The Hall–Kier alpha value is -2.43. The fourth-order valence-corrected chi connectivity index (χ4v) is 1.80. The number of aromatic nitrogens is 2. The first kappa shape index (κ1) is 13.0. The van der Waals surface area contributed by atoms with Gasteiger partial charge in [-0.25, -0.2) is 9.48 Å². The quantitative estimate of drug-likeness (QED) is 0.623. The maximum absolute atomic E-state index is 11.9. The molecule has 19 heavy (non-hydrogen) atoms. The van der Waals surface area contributed by atoms with Gasteiger partial charge in [-0.1, -0.05) is 6.92 Å². The Balaban J connectivity index is 2.57. The molecule has 0 aliphatic rings. The molecule has 98 valence electrons. The molecule has 2 rings (SSSR count). The number of carbonyl (C=O) groups excluding carboxylic acids is 2. The molecule has 5 heteroatoms. The van der Waals surface area contributed by atoms with Crippen LogP contribution >= 0.6 is 0 Å². The van der Waals surface area contributed by atoms with Crippen molar-refractivity contribution in [3.05, 3.63) is 47.8 Å². The molecule has 2 aromatic rings. The minimum atomic E-state index is -0.441. The van der Waals surface area contributed by atoms with Crippen LogP contribution in [0.4, 0.5) is 0 Å². The van der Waals surface area contributed by atoms with Gasteiger partial charge in [0.1, 0.15) is 0 Å². The highest BCUT2D eigenvalue weighted by Gasteiger charge is 2.15. The van der Waals surface area contributed by atoms with E-state index in [4.69, 9.17) is 0 Å². The summed E-state index contributed by atoms with van der Waals surface area (Å²) in [5.74, 6) is -0.439. The fraction of sp³-hybridized carbons (Fsp3) is 0.214. The van der Waals surface area contributed by atoms with Crippen LogP contribution in [0.15, 0.2) is 36.7 Å². The van der Waals surface area contributed by atoms with Crippen LogP contribution in [0.1, 0.15) is 34.1 Å². The number of ketones is 1. The predicted molar refractivity (Wildman–Crippen MR) is 69.5 cm³/mol. The van der Waals surface area contributed by atoms with Crippen LogP contribution in [0.2, 0.25) is 0 Å². The maximum Gasteiger partial charge on any atom is 0.337 e. The van der Waals surface area contributed by atoms with Gasteiger partial charge >= 0.3 is 5.97 Å². The minimum absolute atomic E-state index is 0.00177. The summed E-state index contributed by atoms with van der Waals surface area (Å²) in [6.07, 6.45) is 3.74. The molecule has 0 N–H and O–H groups in total. The summed E-state index contributed by atoms with van der Waals surface area (Å²) in [6.45, 7) is 1.80. The molecule has 1 aromatic heterocycles. The third kappa shape index (κ3) is 2.54. The molecule has 0 radical (unpaired) electrons. The molecule has 0 atom stereocenters. The molecule has 0 saturated carbocycles. The van der Waals surface area contributed by atoms with Gasteiger partial charge in [0.05, 0.1) is 18.4 Å². The molecule has 1 heterocycles. The van der Waals surface area contributed by atoms with Crippen LogP contribution < -0.4 is 0 Å². The monoisotopic (exact) mass is 258 g/mol. The van der Waals surface area contributed by atoms with E-state index >= 15 is 0 Å². The summed E-state index contributed by atoms with van der Waals surface area (Å²) in [7, 11) is 1.32. The highest BCUT2D eigenvalue weighted by atomic mass is 16.5. The molecule has 0 amide bonds. The Morgan fingerprint density at radius 1 is 1.37 bits per heavy atom. The number of rotatable bonds is 4. The van der Waals surface area contributed by atoms with E-state index in [2.05, 4.69) is 9.84 Å². The van der Waals surface area contributed by atoms with E-state index in [1.54, 1.807) is 48.3 Å². The smallest absolute Gasteiger partial charge is 0.337 e. The Labute approximate surface area is 110 Å². The van der Waals surface area contributed by atoms with Crippen molar-refractivity contribution in [1.29, 1.82) is 0 Å². The highest BCUT2D eigenvalue weighted by molar-refractivity contribution is 6.01. The van der Waals surface area contributed by atoms with Crippen molar-refractivity contribution < 1.29 is 14.3 Å². The lowest BCUT2D eigenvalue weighted by Crippen LogP contribution is -2.09. The van der Waals surface area contributed by atoms with Crippen LogP contribution in [0, 0.1) is 0 Å². The van der Waals surface area contributed by atoms with E-state index in [0.29, 0.717) is 23.2 Å². The van der Waals surface area contributed by atoms with E-state index in [1.807, 2.05) is 0 Å². The third-order valence-electron chi connectivity index (χ3n) is 2.79. The van der Waals surface area contributed by atoms with Gasteiger partial charge in [-0.15, -0.1) is 0 Å². The van der Waals surface area contributed by atoms with Crippen molar-refractivity contribution >= 4 is 11.8 Å². The van der Waals surface area contributed by atoms with Crippen molar-refractivity contribution in [2.75, 3.05) is 7.11 Å². The topological polar surface area (TPSA) is 61.2 Å². The zero-order valence-corrected chi connectivity index (χ0v) is 10.8. The van der Waals surface area contributed by atoms with Crippen molar-refractivity contribution in [2.24, 2.45) is 0 Å². The molecule has 0 aliphatic heterocycles. The normalized spacial score (nSPS) is 10.2. The summed E-state index contributed by atoms with van der Waals surface area (Å²) in [4.78, 5) is 23.5. The summed E-state index contributed by atoms with van der Waals surface area (Å²) < 4.78 is 6.25. The van der Waals surface area contributed by atoms with Crippen LogP contribution in [0.5, 0.6) is 0 Å². The molecule has 0 bridgehead atoms. The van der Waals surface area contributed by atoms with Crippen LogP contribution in [-0.2, 0) is 4.74 Å². The van der Waals surface area contributed by atoms with Gasteiger partial charge in [0, 0.05) is 24.4 Å². The average Bonchev–Trinajstić information content (AvgIpc) is 2.99. The number of benzene rings is 1. The maximum atomic E-state index is 11.9. The lowest BCUT2D eigenvalue weighted by molar-refractivity contribution is 0.0600. The van der Waals surface area contributed by atoms with Crippen molar-refractivity contribution in [2.45, 2.75) is 13.3 Å². The van der Waals surface area contributed by atoms with Gasteiger partial charge in [-0.3, -0.25) is 4.79 Å². The number of ether oxygens (including phenoxy) is 1. The van der Waals surface area contributed by atoms with E-state index in [9.17, 15) is 9.59 Å². The molecule has 0 aliphatic carbocycles. The lowest BCUT2D eigenvalue weighted by atomic mass is 10.0. The second-order valence-corrected chi connectivity index (χ2v) is 3.95. The van der Waals surface area contributed by atoms with Crippen LogP contribution in [-0.4, -0.2) is 28.6 Å². The Kier molecular flexibility index (Phi) is 3.75. The second-order valence-electron chi connectivity index (χ2n) is 3.95. The summed E-state index contributed by atoms with van der Waals surface area (Å²) in [6, 6.07) is 6.59. The van der Waals surface area contributed by atoms with Crippen LogP contribution in [0.25, 0.3) is 5.69 Å². The van der Waals surface area contributed by atoms with E-state index in [-0.39, 0.29) is 5.78 Å². The number of carbonyl (C=O) groups is 2. The average molecular weight is 258 g/mol. The van der Waals surface area contributed by atoms with Gasteiger partial charge in [-0.2, -0.15) is 5.10 Å². The summed E-state index contributed by atoms with van der Waals surface area (Å²) in [5.41, 5.74) is 1.51. The number of esters is 1. The number of hydrogen-bond acceptors (Lipinski definition) is 4. The first-order valence-corrected chi connectivity index (χ1v) is 5.93. The largest absolute Gasteiger partial charge is 0.465 e. The fourth-order valence-electron chi connectivity index (χ4n) is 1.80. The lowest BCUT2D eigenvalue weighted by Gasteiger charge is -2.10. The number of methoxy groups -OCH3 is 1. The third-order valence-corrected chi connectivity index (χ3v) is 2.79. The molecule has 0 fully saturated rings. The Morgan fingerprint density at radius 2 is 2.16 bits per heavy atom. The highest BCUT2D eigenvalue weighted by Crippen LogP contribution is 2.18. The zero-order chi connectivity index (χ0) is 13.8. The van der Waals surface area contributed by atoms with E-state index < -0.39 is 5.97 Å². The van der Waals surface area contributed by atoms with Gasteiger partial charge in [-0.05, 0) is 24.3 Å². The molecule has 0 saturated heterocycles. The molecular weight excluding hydrogens is 244 g/mol. The summed E-state index contributed by atoms with van der Waals surface area (Å²) >= 11 is 0. The SMILES string of the molecule is CCC(=O)c1ccc(C(=O)OC)cc1-n1cccn1. The first-order valence-electron chi connectivity index (χ1n) is 5.93. The van der Waals surface area contributed by atoms with Crippen molar-refractivity contribution in [3.63, 3.8) is 0 Å². The Morgan fingerprint density at radius 3 is 2.74 bits per heavy atom. The number of nitrogens with zero attached hydrogens (tertiary/aromatic N) is 2. The van der Waals surface area contributed by atoms with E-state index in [0.717, 1.165) is 0 Å². The van der Waals surface area contributed by atoms with Gasteiger partial charge in [0.15, 0.2) is 5.78 Å². The van der Waals surface area contributed by atoms with Crippen LogP contribution in [0.3, 0.4) is 0 Å². The summed E-state index contributed by atoms with van der Waals surface area (Å²) in [5, 5.41) is 4.10. The van der Waals surface area contributed by atoms with Gasteiger partial charge in [0.25, 0.3) is 0 Å². The molecule has 0 unspecified atom stereocenters. The number of Topliss-reactive ketones (excluding diaryl/α,β-unsaturated/α-hetero) is 1. The molecule has 1 aromatic carbocycles. The first-order chi connectivity index (χ1) is 9.17. The Bertz CT molecular complexity index is 603. The number of hydrogen-bond donors (Lipinski definition) is 0. The van der Waals surface area contributed by atoms with E-state index in [1.165, 1.54) is 7.11 Å². The predicted octanol–water partition coefficient (Wildman–Crippen LogP) is 2.25. The minimum Gasteiger partial charge on any atom is -0.465 e. The molecule has 0 spiro atoms. The van der Waals surface area contributed by atoms with Gasteiger partial charge < -0.3 is 4.74 Å². The zero-order valence-electron chi connectivity index (χ0n) is 10.8. The standard InChI is InChI=1S/C14H14N2O3/c1-3-13(17)11-6-5-10(14(18)19-2)9-12(11)16-8-4-7-15-16/h4-9H,3H2,1-2H3.